The van der Waals surface area contributed by atoms with E-state index in [1.54, 1.807) is 36.4 Å². The molecule has 0 unspecified atom stereocenters. The molecule has 1 atom stereocenters. The Hall–Kier alpha value is -3.52. The van der Waals surface area contributed by atoms with Crippen LogP contribution in [-0.2, 0) is 9.59 Å². The molecular weight excluding hydrogens is 386 g/mol. The molecule has 1 saturated heterocycles. The van der Waals surface area contributed by atoms with Crippen molar-refractivity contribution >= 4 is 23.1 Å². The number of nitro groups is 1. The minimum atomic E-state index is -0.896. The van der Waals surface area contributed by atoms with E-state index in [-0.39, 0.29) is 23.6 Å². The summed E-state index contributed by atoms with van der Waals surface area (Å²) in [6.07, 6.45) is 0.608. The Morgan fingerprint density at radius 2 is 1.83 bits per heavy atom. The molecule has 2 aromatic carbocycles. The molecule has 0 bridgehead atoms. The molecule has 1 fully saturated rings. The number of benzene rings is 2. The first-order valence-electron chi connectivity index (χ1n) is 9.54. The number of rotatable bonds is 7. The molecule has 1 aliphatic rings. The summed E-state index contributed by atoms with van der Waals surface area (Å²) in [6, 6.07) is 13.4. The summed E-state index contributed by atoms with van der Waals surface area (Å²) in [5, 5.41) is 22.1. The average molecular weight is 409 g/mol. The quantitative estimate of drug-likeness (QED) is 0.248. The van der Waals surface area contributed by atoms with Gasteiger partial charge in [-0.1, -0.05) is 42.5 Å². The number of aliphatic hydroxyl groups excluding tert-OH is 1. The normalized spacial score (nSPS) is 18.2. The van der Waals surface area contributed by atoms with E-state index >= 15 is 0 Å². The molecule has 0 aliphatic carbocycles. The Bertz CT molecular complexity index is 1000. The number of likely N-dealkylation sites (tertiary alicyclic amines) is 1. The van der Waals surface area contributed by atoms with Crippen LogP contribution in [0.25, 0.3) is 5.76 Å². The van der Waals surface area contributed by atoms with Crippen LogP contribution in [0.15, 0.2) is 60.2 Å². The molecule has 156 valence electrons. The molecule has 0 aromatic heterocycles. The number of hydrogen-bond donors (Lipinski definition) is 1. The van der Waals surface area contributed by atoms with Gasteiger partial charge in [0, 0.05) is 24.2 Å². The highest BCUT2D eigenvalue weighted by atomic mass is 16.6. The van der Waals surface area contributed by atoms with Gasteiger partial charge < -0.3 is 14.9 Å². The standard InChI is InChI=1S/C22H23N3O5/c1-23(2)12-7-13-24-19(16-10-6-11-17(14-16)25(29)30)18(21(27)22(24)28)20(26)15-8-4-3-5-9-15/h3-6,8-11,14,19,26H,7,12-13H2,1-2H3/b20-18+/t19-/m1/s1. The number of ketones is 1. The predicted molar refractivity (Wildman–Crippen MR) is 112 cm³/mol. The van der Waals surface area contributed by atoms with E-state index in [9.17, 15) is 24.8 Å². The number of nitro benzene ring substituents is 1. The molecule has 1 N–H and O–H groups in total. The monoisotopic (exact) mass is 409 g/mol. The maximum Gasteiger partial charge on any atom is 0.295 e. The van der Waals surface area contributed by atoms with Crippen molar-refractivity contribution in [2.24, 2.45) is 0 Å². The van der Waals surface area contributed by atoms with Crippen LogP contribution in [-0.4, -0.2) is 58.7 Å². The van der Waals surface area contributed by atoms with Crippen LogP contribution in [0.2, 0.25) is 0 Å². The zero-order valence-electron chi connectivity index (χ0n) is 16.8. The van der Waals surface area contributed by atoms with Crippen LogP contribution in [0.1, 0.15) is 23.6 Å². The van der Waals surface area contributed by atoms with E-state index in [0.717, 1.165) is 0 Å². The van der Waals surface area contributed by atoms with Gasteiger partial charge in [-0.3, -0.25) is 19.7 Å². The Morgan fingerprint density at radius 3 is 2.47 bits per heavy atom. The van der Waals surface area contributed by atoms with E-state index in [2.05, 4.69) is 0 Å². The minimum Gasteiger partial charge on any atom is -0.507 e. The Kier molecular flexibility index (Phi) is 6.27. The first kappa shape index (κ1) is 21.2. The molecule has 30 heavy (non-hydrogen) atoms. The first-order valence-corrected chi connectivity index (χ1v) is 9.54. The summed E-state index contributed by atoms with van der Waals surface area (Å²) >= 11 is 0. The van der Waals surface area contributed by atoms with Crippen molar-refractivity contribution < 1.29 is 19.6 Å². The van der Waals surface area contributed by atoms with Crippen molar-refractivity contribution in [2.45, 2.75) is 12.5 Å². The van der Waals surface area contributed by atoms with Gasteiger partial charge in [0.05, 0.1) is 16.5 Å². The summed E-state index contributed by atoms with van der Waals surface area (Å²) in [4.78, 5) is 39.8. The number of non-ortho nitro benzene ring substituents is 1. The van der Waals surface area contributed by atoms with Crippen molar-refractivity contribution in [2.75, 3.05) is 27.2 Å². The average Bonchev–Trinajstić information content (AvgIpc) is 2.98. The van der Waals surface area contributed by atoms with Crippen molar-refractivity contribution in [3.05, 3.63) is 81.4 Å². The highest BCUT2D eigenvalue weighted by molar-refractivity contribution is 6.46. The molecule has 1 heterocycles. The van der Waals surface area contributed by atoms with Gasteiger partial charge in [-0.05, 0) is 32.6 Å². The molecule has 1 amide bonds. The van der Waals surface area contributed by atoms with Gasteiger partial charge in [-0.25, -0.2) is 0 Å². The van der Waals surface area contributed by atoms with E-state index < -0.39 is 22.7 Å². The second-order valence-electron chi connectivity index (χ2n) is 7.37. The van der Waals surface area contributed by atoms with Crippen molar-refractivity contribution in [1.82, 2.24) is 9.80 Å². The summed E-state index contributed by atoms with van der Waals surface area (Å²) in [6.45, 7) is 0.977. The molecular formula is C22H23N3O5. The lowest BCUT2D eigenvalue weighted by atomic mass is 9.95. The SMILES string of the molecule is CN(C)CCCN1C(=O)C(=O)/C(=C(/O)c2ccccc2)[C@H]1c1cccc([N+](=O)[O-])c1. The fraction of sp³-hybridized carbons (Fsp3) is 0.273. The fourth-order valence-electron chi connectivity index (χ4n) is 3.57. The third-order valence-corrected chi connectivity index (χ3v) is 4.99. The first-order chi connectivity index (χ1) is 14.3. The highest BCUT2D eigenvalue weighted by Crippen LogP contribution is 2.40. The molecule has 8 nitrogen and oxygen atoms in total. The Morgan fingerprint density at radius 1 is 1.13 bits per heavy atom. The molecule has 0 saturated carbocycles. The van der Waals surface area contributed by atoms with Crippen molar-refractivity contribution in [3.63, 3.8) is 0 Å². The van der Waals surface area contributed by atoms with Crippen molar-refractivity contribution in [3.8, 4) is 0 Å². The molecule has 0 radical (unpaired) electrons. The molecule has 3 rings (SSSR count). The fourth-order valence-corrected chi connectivity index (χ4v) is 3.57. The largest absolute Gasteiger partial charge is 0.507 e. The number of hydrogen-bond acceptors (Lipinski definition) is 6. The molecule has 8 heteroatoms. The van der Waals surface area contributed by atoms with Gasteiger partial charge in [0.25, 0.3) is 17.4 Å². The maximum atomic E-state index is 12.9. The molecule has 0 spiro atoms. The minimum absolute atomic E-state index is 0.0587. The summed E-state index contributed by atoms with van der Waals surface area (Å²) in [5.41, 5.74) is 0.604. The summed E-state index contributed by atoms with van der Waals surface area (Å²) in [7, 11) is 3.81. The lowest BCUT2D eigenvalue weighted by Crippen LogP contribution is -2.32. The molecule has 2 aromatic rings. The Balaban J connectivity index is 2.12. The zero-order chi connectivity index (χ0) is 21.8. The second-order valence-corrected chi connectivity index (χ2v) is 7.37. The third kappa shape index (κ3) is 4.23. The zero-order valence-corrected chi connectivity index (χ0v) is 16.8. The van der Waals surface area contributed by atoms with Crippen LogP contribution >= 0.6 is 0 Å². The van der Waals surface area contributed by atoms with E-state index in [1.807, 2.05) is 19.0 Å². The van der Waals surface area contributed by atoms with Crippen molar-refractivity contribution in [1.29, 1.82) is 0 Å². The van der Waals surface area contributed by atoms with Crippen LogP contribution in [0.3, 0.4) is 0 Å². The van der Waals surface area contributed by atoms with Crippen LogP contribution in [0.5, 0.6) is 0 Å². The number of carbonyl (C=O) groups is 2. The smallest absolute Gasteiger partial charge is 0.295 e. The van der Waals surface area contributed by atoms with E-state index in [0.29, 0.717) is 24.1 Å². The van der Waals surface area contributed by atoms with Gasteiger partial charge in [0.1, 0.15) is 5.76 Å². The lowest BCUT2D eigenvalue weighted by molar-refractivity contribution is -0.384. The van der Waals surface area contributed by atoms with Gasteiger partial charge in [-0.15, -0.1) is 0 Å². The number of nitrogens with zero attached hydrogens (tertiary/aromatic N) is 3. The van der Waals surface area contributed by atoms with Crippen LogP contribution in [0, 0.1) is 10.1 Å². The van der Waals surface area contributed by atoms with E-state index in [1.165, 1.54) is 23.1 Å². The van der Waals surface area contributed by atoms with Crippen LogP contribution in [0.4, 0.5) is 5.69 Å². The highest BCUT2D eigenvalue weighted by Gasteiger charge is 2.46. The van der Waals surface area contributed by atoms with Gasteiger partial charge in [0.2, 0.25) is 0 Å². The Labute approximate surface area is 174 Å². The van der Waals surface area contributed by atoms with Gasteiger partial charge in [0.15, 0.2) is 0 Å². The number of carbonyl (C=O) groups excluding carboxylic acids is 2. The van der Waals surface area contributed by atoms with Crippen LogP contribution < -0.4 is 0 Å². The number of Topliss-reactive ketones (excluding diaryl/α,β-unsaturated/α-hetero) is 1. The topological polar surface area (TPSA) is 104 Å². The van der Waals surface area contributed by atoms with E-state index in [4.69, 9.17) is 0 Å². The third-order valence-electron chi connectivity index (χ3n) is 4.99. The summed E-state index contributed by atoms with van der Waals surface area (Å²) in [5.74, 6) is -1.80. The van der Waals surface area contributed by atoms with Gasteiger partial charge >= 0.3 is 0 Å². The van der Waals surface area contributed by atoms with Gasteiger partial charge in [-0.2, -0.15) is 0 Å². The second kappa shape index (κ2) is 8.87. The predicted octanol–water partition coefficient (Wildman–Crippen LogP) is 2.97. The lowest BCUT2D eigenvalue weighted by Gasteiger charge is -2.25. The number of amides is 1. The maximum absolute atomic E-state index is 12.9. The summed E-state index contributed by atoms with van der Waals surface area (Å²) < 4.78 is 0. The molecule has 1 aliphatic heterocycles. The number of aliphatic hydroxyl groups is 1.